The van der Waals surface area contributed by atoms with Crippen LogP contribution in [0, 0.1) is 0 Å². The predicted octanol–water partition coefficient (Wildman–Crippen LogP) is 1.56. The molecule has 14 heavy (non-hydrogen) atoms. The van der Waals surface area contributed by atoms with Crippen molar-refractivity contribution in [2.24, 2.45) is 0 Å². The van der Waals surface area contributed by atoms with Crippen LogP contribution in [0.15, 0.2) is 18.3 Å². The molecule has 3 heteroatoms. The third kappa shape index (κ3) is 2.04. The highest BCUT2D eigenvalue weighted by molar-refractivity contribution is 5.21. The average molecular weight is 192 g/mol. The van der Waals surface area contributed by atoms with Crippen molar-refractivity contribution in [2.45, 2.75) is 18.8 Å². The number of nitrogens with one attached hydrogen (secondary N) is 1. The van der Waals surface area contributed by atoms with Crippen LogP contribution in [0.4, 0.5) is 0 Å². The molecular formula is C11H16N2O. The van der Waals surface area contributed by atoms with Crippen LogP contribution in [0.1, 0.15) is 24.3 Å². The number of ether oxygens (including phenoxy) is 1. The summed E-state index contributed by atoms with van der Waals surface area (Å²) in [5, 5.41) is 3.36. The molecule has 0 bridgehead atoms. The lowest BCUT2D eigenvalue weighted by Gasteiger charge is -2.22. The molecule has 0 aromatic carbocycles. The number of methoxy groups -OCH3 is 1. The minimum atomic E-state index is 0.676. The Labute approximate surface area is 84.5 Å². The zero-order valence-corrected chi connectivity index (χ0v) is 8.49. The quantitative estimate of drug-likeness (QED) is 0.772. The highest BCUT2D eigenvalue weighted by Crippen LogP contribution is 2.25. The molecule has 0 radical (unpaired) electrons. The standard InChI is InChI=1S/C11H16N2O/c1-14-11-3-2-10(8-13-11)9-4-6-12-7-5-9/h2-3,8-9,12H,4-7H2,1H3. The van der Waals surface area contributed by atoms with Crippen molar-refractivity contribution in [1.82, 2.24) is 10.3 Å². The summed E-state index contributed by atoms with van der Waals surface area (Å²) in [6.07, 6.45) is 4.37. The molecule has 1 aliphatic heterocycles. The number of nitrogens with zero attached hydrogens (tertiary/aromatic N) is 1. The fraction of sp³-hybridized carbons (Fsp3) is 0.545. The van der Waals surface area contributed by atoms with Crippen LogP contribution >= 0.6 is 0 Å². The van der Waals surface area contributed by atoms with Crippen molar-refractivity contribution in [3.63, 3.8) is 0 Å². The molecule has 2 rings (SSSR count). The Morgan fingerprint density at radius 1 is 1.36 bits per heavy atom. The molecule has 0 spiro atoms. The Balaban J connectivity index is 2.07. The highest BCUT2D eigenvalue weighted by Gasteiger charge is 2.14. The molecular weight excluding hydrogens is 176 g/mol. The van der Waals surface area contributed by atoms with Gasteiger partial charge in [0.05, 0.1) is 7.11 Å². The van der Waals surface area contributed by atoms with Crippen molar-refractivity contribution in [1.29, 1.82) is 0 Å². The minimum absolute atomic E-state index is 0.676. The lowest BCUT2D eigenvalue weighted by atomic mass is 9.91. The molecule has 1 N–H and O–H groups in total. The number of rotatable bonds is 2. The van der Waals surface area contributed by atoms with Crippen LogP contribution in [-0.4, -0.2) is 25.2 Å². The Morgan fingerprint density at radius 2 is 2.14 bits per heavy atom. The third-order valence-corrected chi connectivity index (χ3v) is 2.78. The number of hydrogen-bond donors (Lipinski definition) is 1. The van der Waals surface area contributed by atoms with E-state index in [1.807, 2.05) is 12.3 Å². The maximum Gasteiger partial charge on any atom is 0.212 e. The summed E-state index contributed by atoms with van der Waals surface area (Å²) < 4.78 is 5.03. The van der Waals surface area contributed by atoms with Gasteiger partial charge in [0.15, 0.2) is 0 Å². The summed E-state index contributed by atoms with van der Waals surface area (Å²) in [5.41, 5.74) is 1.34. The van der Waals surface area contributed by atoms with Gasteiger partial charge in [-0.15, -0.1) is 0 Å². The van der Waals surface area contributed by atoms with Crippen LogP contribution < -0.4 is 10.1 Å². The first-order valence-corrected chi connectivity index (χ1v) is 5.11. The van der Waals surface area contributed by atoms with Gasteiger partial charge in [-0.3, -0.25) is 0 Å². The second-order valence-electron chi connectivity index (χ2n) is 3.66. The van der Waals surface area contributed by atoms with Gasteiger partial charge in [-0.25, -0.2) is 4.98 Å². The van der Waals surface area contributed by atoms with Gasteiger partial charge in [0.2, 0.25) is 5.88 Å². The van der Waals surface area contributed by atoms with E-state index in [-0.39, 0.29) is 0 Å². The van der Waals surface area contributed by atoms with Gasteiger partial charge in [0.1, 0.15) is 0 Å². The van der Waals surface area contributed by atoms with Gasteiger partial charge in [-0.2, -0.15) is 0 Å². The van der Waals surface area contributed by atoms with Gasteiger partial charge >= 0.3 is 0 Å². The summed E-state index contributed by atoms with van der Waals surface area (Å²) in [6.45, 7) is 2.24. The van der Waals surface area contributed by atoms with E-state index in [1.165, 1.54) is 18.4 Å². The molecule has 1 fully saturated rings. The predicted molar refractivity (Wildman–Crippen MR) is 55.6 cm³/mol. The number of pyridine rings is 1. The highest BCUT2D eigenvalue weighted by atomic mass is 16.5. The lowest BCUT2D eigenvalue weighted by molar-refractivity contribution is 0.396. The van der Waals surface area contributed by atoms with Crippen molar-refractivity contribution >= 4 is 0 Å². The molecule has 0 saturated carbocycles. The zero-order valence-electron chi connectivity index (χ0n) is 8.49. The summed E-state index contributed by atoms with van der Waals surface area (Å²) >= 11 is 0. The first kappa shape index (κ1) is 9.46. The molecule has 3 nitrogen and oxygen atoms in total. The molecule has 1 saturated heterocycles. The second kappa shape index (κ2) is 4.42. The topological polar surface area (TPSA) is 34.1 Å². The third-order valence-electron chi connectivity index (χ3n) is 2.78. The van der Waals surface area contributed by atoms with Crippen LogP contribution in [0.3, 0.4) is 0 Å². The Bertz CT molecular complexity index is 278. The molecule has 1 aromatic heterocycles. The summed E-state index contributed by atoms with van der Waals surface area (Å²) in [6, 6.07) is 4.07. The van der Waals surface area contributed by atoms with Crippen LogP contribution in [0.5, 0.6) is 5.88 Å². The first-order valence-electron chi connectivity index (χ1n) is 5.11. The normalized spacial score (nSPS) is 18.1. The van der Waals surface area contributed by atoms with Gasteiger partial charge in [0, 0.05) is 12.3 Å². The van der Waals surface area contributed by atoms with E-state index in [2.05, 4.69) is 16.4 Å². The Morgan fingerprint density at radius 3 is 2.71 bits per heavy atom. The van der Waals surface area contributed by atoms with Crippen molar-refractivity contribution < 1.29 is 4.74 Å². The van der Waals surface area contributed by atoms with E-state index in [4.69, 9.17) is 4.74 Å². The van der Waals surface area contributed by atoms with Crippen LogP contribution in [0.2, 0.25) is 0 Å². The molecule has 2 heterocycles. The fourth-order valence-electron chi connectivity index (χ4n) is 1.91. The zero-order chi connectivity index (χ0) is 9.80. The largest absolute Gasteiger partial charge is 0.481 e. The average Bonchev–Trinajstić information content (AvgIpc) is 2.30. The second-order valence-corrected chi connectivity index (χ2v) is 3.66. The molecule has 76 valence electrons. The van der Waals surface area contributed by atoms with Gasteiger partial charge < -0.3 is 10.1 Å². The van der Waals surface area contributed by atoms with Gasteiger partial charge in [-0.1, -0.05) is 6.07 Å². The molecule has 1 aliphatic rings. The number of piperidine rings is 1. The fourth-order valence-corrected chi connectivity index (χ4v) is 1.91. The Kier molecular flexibility index (Phi) is 2.99. The lowest BCUT2D eigenvalue weighted by Crippen LogP contribution is -2.26. The molecule has 0 atom stereocenters. The molecule has 1 aromatic rings. The molecule has 0 unspecified atom stereocenters. The molecule has 0 aliphatic carbocycles. The smallest absolute Gasteiger partial charge is 0.212 e. The van der Waals surface area contributed by atoms with Crippen LogP contribution in [-0.2, 0) is 0 Å². The van der Waals surface area contributed by atoms with Crippen molar-refractivity contribution in [3.8, 4) is 5.88 Å². The summed E-state index contributed by atoms with van der Waals surface area (Å²) in [5.74, 6) is 1.37. The maximum absolute atomic E-state index is 5.03. The van der Waals surface area contributed by atoms with E-state index >= 15 is 0 Å². The van der Waals surface area contributed by atoms with Crippen molar-refractivity contribution in [2.75, 3.05) is 20.2 Å². The van der Waals surface area contributed by atoms with E-state index in [0.717, 1.165) is 13.1 Å². The summed E-state index contributed by atoms with van der Waals surface area (Å²) in [7, 11) is 1.65. The van der Waals surface area contributed by atoms with Crippen molar-refractivity contribution in [3.05, 3.63) is 23.9 Å². The maximum atomic E-state index is 5.03. The number of hydrogen-bond acceptors (Lipinski definition) is 3. The summed E-state index contributed by atoms with van der Waals surface area (Å²) in [4.78, 5) is 4.23. The van der Waals surface area contributed by atoms with Crippen LogP contribution in [0.25, 0.3) is 0 Å². The SMILES string of the molecule is COc1ccc(C2CCNCC2)cn1. The van der Waals surface area contributed by atoms with E-state index in [9.17, 15) is 0 Å². The van der Waals surface area contributed by atoms with E-state index in [0.29, 0.717) is 11.8 Å². The minimum Gasteiger partial charge on any atom is -0.481 e. The van der Waals surface area contributed by atoms with E-state index in [1.54, 1.807) is 7.11 Å². The number of aromatic nitrogens is 1. The Hall–Kier alpha value is -1.09. The van der Waals surface area contributed by atoms with E-state index < -0.39 is 0 Å². The van der Waals surface area contributed by atoms with Gasteiger partial charge in [-0.05, 0) is 37.4 Å². The monoisotopic (exact) mass is 192 g/mol. The molecule has 0 amide bonds. The first-order chi connectivity index (χ1) is 6.90. The van der Waals surface area contributed by atoms with Gasteiger partial charge in [0.25, 0.3) is 0 Å².